The van der Waals surface area contributed by atoms with Crippen molar-refractivity contribution in [1.29, 1.82) is 0 Å². The lowest BCUT2D eigenvalue weighted by Crippen LogP contribution is -2.29. The molecule has 2 aromatic heterocycles. The van der Waals surface area contributed by atoms with Crippen LogP contribution in [0.5, 0.6) is 0 Å². The minimum atomic E-state index is -0.165. The molecule has 3 heterocycles. The highest BCUT2D eigenvalue weighted by atomic mass is 16.5. The van der Waals surface area contributed by atoms with Gasteiger partial charge < -0.3 is 15.2 Å². The van der Waals surface area contributed by atoms with Gasteiger partial charge in [-0.1, -0.05) is 37.6 Å². The normalized spacial score (nSPS) is 15.5. The highest BCUT2D eigenvalue weighted by Gasteiger charge is 2.23. The zero-order chi connectivity index (χ0) is 16.4. The molecular formula is C17H22N4O2. The van der Waals surface area contributed by atoms with Gasteiger partial charge in [0, 0.05) is 24.7 Å². The van der Waals surface area contributed by atoms with Crippen LogP contribution < -0.4 is 10.6 Å². The highest BCUT2D eigenvalue weighted by Crippen LogP contribution is 2.28. The van der Waals surface area contributed by atoms with Crippen molar-refractivity contribution in [2.24, 2.45) is 0 Å². The first-order chi connectivity index (χ1) is 10.9. The molecule has 0 radical (unpaired) electrons. The lowest BCUT2D eigenvalue weighted by molar-refractivity contribution is 0.0956. The van der Waals surface area contributed by atoms with Crippen molar-refractivity contribution in [3.8, 4) is 0 Å². The van der Waals surface area contributed by atoms with Crippen molar-refractivity contribution in [3.63, 3.8) is 0 Å². The number of amides is 1. The van der Waals surface area contributed by atoms with Crippen LogP contribution in [0.25, 0.3) is 11.1 Å². The van der Waals surface area contributed by atoms with Crippen LogP contribution in [0.3, 0.4) is 0 Å². The van der Waals surface area contributed by atoms with Crippen molar-refractivity contribution < 1.29 is 9.32 Å². The maximum Gasteiger partial charge on any atom is 0.257 e. The zero-order valence-electron chi connectivity index (χ0n) is 13.8. The Kier molecular flexibility index (Phi) is 4.17. The molecule has 0 saturated carbocycles. The van der Waals surface area contributed by atoms with Gasteiger partial charge in [0.1, 0.15) is 0 Å². The van der Waals surface area contributed by atoms with E-state index in [0.29, 0.717) is 17.8 Å². The van der Waals surface area contributed by atoms with Crippen LogP contribution in [0.1, 0.15) is 43.2 Å². The largest absolute Gasteiger partial charge is 0.348 e. The first-order valence-corrected chi connectivity index (χ1v) is 7.88. The molecule has 0 aromatic carbocycles. The molecule has 0 fully saturated rings. The van der Waals surface area contributed by atoms with E-state index in [2.05, 4.69) is 47.6 Å². The molecule has 0 aliphatic carbocycles. The second kappa shape index (κ2) is 6.12. The predicted octanol–water partition coefficient (Wildman–Crippen LogP) is 2.17. The Balaban J connectivity index is 1.79. The maximum absolute atomic E-state index is 12.4. The van der Waals surface area contributed by atoms with Crippen LogP contribution in [-0.4, -0.2) is 35.7 Å². The third-order valence-corrected chi connectivity index (χ3v) is 3.94. The number of carbonyl (C=O) groups is 1. The van der Waals surface area contributed by atoms with Crippen molar-refractivity contribution in [1.82, 2.24) is 20.8 Å². The minimum absolute atomic E-state index is 0.125. The summed E-state index contributed by atoms with van der Waals surface area (Å²) in [5.74, 6) is -0.125. The number of nitrogens with one attached hydrogen (secondary N) is 2. The zero-order valence-corrected chi connectivity index (χ0v) is 13.8. The summed E-state index contributed by atoms with van der Waals surface area (Å²) >= 11 is 0. The highest BCUT2D eigenvalue weighted by molar-refractivity contribution is 5.97. The van der Waals surface area contributed by atoms with E-state index in [1.54, 1.807) is 0 Å². The number of aromatic nitrogens is 2. The fraction of sp³-hybridized carbons (Fsp3) is 0.471. The molecule has 0 spiro atoms. The predicted molar refractivity (Wildman–Crippen MR) is 88.4 cm³/mol. The summed E-state index contributed by atoms with van der Waals surface area (Å²) < 4.78 is 5.26. The third-order valence-electron chi connectivity index (χ3n) is 3.94. The first-order valence-electron chi connectivity index (χ1n) is 7.88. The van der Waals surface area contributed by atoms with Gasteiger partial charge in [0.25, 0.3) is 11.6 Å². The topological polar surface area (TPSA) is 80.0 Å². The summed E-state index contributed by atoms with van der Waals surface area (Å²) in [6, 6.07) is 1.81. The molecule has 0 atom stereocenters. The van der Waals surface area contributed by atoms with E-state index < -0.39 is 0 Å². The van der Waals surface area contributed by atoms with E-state index in [1.807, 2.05) is 6.07 Å². The van der Waals surface area contributed by atoms with Crippen LogP contribution in [0, 0.1) is 0 Å². The average molecular weight is 314 g/mol. The summed E-state index contributed by atoms with van der Waals surface area (Å²) in [7, 11) is 0. The van der Waals surface area contributed by atoms with Crippen molar-refractivity contribution >= 4 is 17.0 Å². The molecule has 0 bridgehead atoms. The Bertz CT molecular complexity index is 756. The van der Waals surface area contributed by atoms with Gasteiger partial charge in [0.05, 0.1) is 16.6 Å². The third kappa shape index (κ3) is 3.42. The molecule has 6 heteroatoms. The molecule has 6 nitrogen and oxygen atoms in total. The van der Waals surface area contributed by atoms with Gasteiger partial charge in [-0.15, -0.1) is 0 Å². The Morgan fingerprint density at radius 1 is 1.43 bits per heavy atom. The number of nitrogens with zero attached hydrogens (tertiary/aromatic N) is 2. The van der Waals surface area contributed by atoms with E-state index >= 15 is 0 Å². The molecule has 1 aliphatic rings. The van der Waals surface area contributed by atoms with Gasteiger partial charge in [-0.3, -0.25) is 4.79 Å². The molecular weight excluding hydrogens is 292 g/mol. The van der Waals surface area contributed by atoms with E-state index in [4.69, 9.17) is 4.52 Å². The molecule has 0 unspecified atom stereocenters. The fourth-order valence-corrected chi connectivity index (χ4v) is 2.62. The quantitative estimate of drug-likeness (QED) is 0.849. The van der Waals surface area contributed by atoms with E-state index in [-0.39, 0.29) is 11.3 Å². The number of fused-ring (bicyclic) bond motifs is 1. The molecule has 2 N–H and O–H groups in total. The maximum atomic E-state index is 12.4. The molecule has 1 aliphatic heterocycles. The molecule has 1 amide bonds. The van der Waals surface area contributed by atoms with E-state index in [1.165, 1.54) is 11.8 Å². The lowest BCUT2D eigenvalue weighted by atomic mass is 9.90. The summed E-state index contributed by atoms with van der Waals surface area (Å²) in [6.07, 6.45) is 4.63. The van der Waals surface area contributed by atoms with Crippen LogP contribution in [0.4, 0.5) is 0 Å². The second-order valence-corrected chi connectivity index (χ2v) is 6.86. The fourth-order valence-electron chi connectivity index (χ4n) is 2.62. The Hall–Kier alpha value is -2.21. The van der Waals surface area contributed by atoms with Gasteiger partial charge in [0.15, 0.2) is 0 Å². The van der Waals surface area contributed by atoms with E-state index in [0.717, 1.165) is 30.6 Å². The number of rotatable bonds is 3. The summed E-state index contributed by atoms with van der Waals surface area (Å²) in [6.45, 7) is 8.58. The number of hydrogen-bond donors (Lipinski definition) is 2. The Morgan fingerprint density at radius 2 is 2.26 bits per heavy atom. The van der Waals surface area contributed by atoms with Crippen LogP contribution in [0.2, 0.25) is 0 Å². The van der Waals surface area contributed by atoms with Gasteiger partial charge in [-0.25, -0.2) is 4.98 Å². The molecule has 23 heavy (non-hydrogen) atoms. The molecule has 0 saturated heterocycles. The average Bonchev–Trinajstić information content (AvgIpc) is 2.96. The minimum Gasteiger partial charge on any atom is -0.348 e. The van der Waals surface area contributed by atoms with E-state index in [9.17, 15) is 4.79 Å². The Labute approximate surface area is 135 Å². The summed E-state index contributed by atoms with van der Waals surface area (Å²) in [4.78, 5) is 16.6. The van der Waals surface area contributed by atoms with Gasteiger partial charge >= 0.3 is 0 Å². The van der Waals surface area contributed by atoms with Crippen molar-refractivity contribution in [2.75, 3.05) is 19.6 Å². The summed E-state index contributed by atoms with van der Waals surface area (Å²) in [5.41, 5.74) is 2.90. The number of hydrogen-bond acceptors (Lipinski definition) is 5. The van der Waals surface area contributed by atoms with Gasteiger partial charge in [-0.05, 0) is 19.0 Å². The van der Waals surface area contributed by atoms with Crippen LogP contribution in [-0.2, 0) is 5.41 Å². The van der Waals surface area contributed by atoms with Crippen LogP contribution >= 0.6 is 0 Å². The van der Waals surface area contributed by atoms with Gasteiger partial charge in [0.2, 0.25) is 0 Å². The Morgan fingerprint density at radius 3 is 2.96 bits per heavy atom. The standard InChI is InChI=1S/C17H22N4O2/c1-17(2,3)14-13-8-12(10-20-16(13)23-21-14)15(22)19-9-11-4-6-18-7-5-11/h4,8,10,18H,5-7,9H2,1-3H3,(H,19,22). The first kappa shape index (κ1) is 15.7. The number of pyridine rings is 1. The molecule has 2 aromatic rings. The lowest BCUT2D eigenvalue weighted by Gasteiger charge is -2.15. The van der Waals surface area contributed by atoms with Gasteiger partial charge in [-0.2, -0.15) is 0 Å². The van der Waals surface area contributed by atoms with Crippen LogP contribution in [0.15, 0.2) is 28.4 Å². The smallest absolute Gasteiger partial charge is 0.257 e. The second-order valence-electron chi connectivity index (χ2n) is 6.86. The number of carbonyl (C=O) groups excluding carboxylic acids is 1. The molecule has 122 valence electrons. The van der Waals surface area contributed by atoms with Crippen molar-refractivity contribution in [3.05, 3.63) is 35.2 Å². The van der Waals surface area contributed by atoms with Crippen molar-refractivity contribution in [2.45, 2.75) is 32.6 Å². The molecule has 3 rings (SSSR count). The monoisotopic (exact) mass is 314 g/mol. The summed E-state index contributed by atoms with van der Waals surface area (Å²) in [5, 5.41) is 11.1. The SMILES string of the molecule is CC(C)(C)c1noc2ncc(C(=O)NCC3=CCNCC3)cc12.